The lowest BCUT2D eigenvalue weighted by molar-refractivity contribution is 0.0999. The van der Waals surface area contributed by atoms with Gasteiger partial charge in [0, 0.05) is 17.7 Å². The maximum atomic E-state index is 11.6. The van der Waals surface area contributed by atoms with Gasteiger partial charge >= 0.3 is 0 Å². The van der Waals surface area contributed by atoms with Crippen LogP contribution >= 0.6 is 0 Å². The van der Waals surface area contributed by atoms with Crippen LogP contribution in [0.4, 0.5) is 0 Å². The molecule has 0 aliphatic carbocycles. The monoisotopic (exact) mass is 310 g/mol. The van der Waals surface area contributed by atoms with Gasteiger partial charge in [-0.05, 0) is 31.2 Å². The zero-order valence-electron chi connectivity index (χ0n) is 13.0. The molecule has 0 saturated heterocycles. The first kappa shape index (κ1) is 15.0. The molecule has 2 heterocycles. The number of carbonyl (C=O) groups excluding carboxylic acids is 1. The fourth-order valence-corrected chi connectivity index (χ4v) is 2.75. The van der Waals surface area contributed by atoms with Gasteiger partial charge in [-0.1, -0.05) is 5.92 Å². The summed E-state index contributed by atoms with van der Waals surface area (Å²) >= 11 is 0. The van der Waals surface area contributed by atoms with Crippen molar-refractivity contribution in [2.75, 3.05) is 13.2 Å². The highest BCUT2D eigenvalue weighted by atomic mass is 16.5. The zero-order valence-corrected chi connectivity index (χ0v) is 13.0. The van der Waals surface area contributed by atoms with E-state index >= 15 is 0 Å². The largest absolute Gasteiger partial charge is 0.490 e. The van der Waals surface area contributed by atoms with Crippen molar-refractivity contribution < 1.29 is 14.3 Å². The number of benzene rings is 1. The molecule has 0 bridgehead atoms. The third-order valence-electron chi connectivity index (χ3n) is 3.92. The average molecular weight is 310 g/mol. The van der Waals surface area contributed by atoms with E-state index in [0.29, 0.717) is 31.1 Å². The van der Waals surface area contributed by atoms with Crippen molar-refractivity contribution in [2.45, 2.75) is 19.9 Å². The van der Waals surface area contributed by atoms with Crippen molar-refractivity contribution in [1.82, 2.24) is 4.57 Å². The van der Waals surface area contributed by atoms with Crippen LogP contribution in [0.25, 0.3) is 11.3 Å². The van der Waals surface area contributed by atoms with E-state index in [-0.39, 0.29) is 0 Å². The van der Waals surface area contributed by atoms with Gasteiger partial charge in [0.15, 0.2) is 11.5 Å². The minimum atomic E-state index is -0.464. The van der Waals surface area contributed by atoms with Crippen molar-refractivity contribution in [1.29, 1.82) is 0 Å². The van der Waals surface area contributed by atoms with Gasteiger partial charge in [0.05, 0.1) is 31.0 Å². The standard InChI is InChI=1S/C18H18N2O3/c1-3-7-20-12(2)14(18(19)21)11-15(20)13-5-6-16-17(10-13)23-9-4-8-22-16/h1,5-6,10-11H,4,7-9H2,2H3,(H2,19,21). The molecule has 1 aromatic carbocycles. The van der Waals surface area contributed by atoms with Gasteiger partial charge < -0.3 is 19.8 Å². The van der Waals surface area contributed by atoms with Crippen LogP contribution in [0.15, 0.2) is 24.3 Å². The Morgan fingerprint density at radius 2 is 2.04 bits per heavy atom. The highest BCUT2D eigenvalue weighted by Crippen LogP contribution is 2.35. The van der Waals surface area contributed by atoms with Crippen LogP contribution < -0.4 is 15.2 Å². The van der Waals surface area contributed by atoms with Crippen LogP contribution in [0.2, 0.25) is 0 Å². The Morgan fingerprint density at radius 1 is 1.30 bits per heavy atom. The van der Waals surface area contributed by atoms with Crippen LogP contribution in [0.1, 0.15) is 22.5 Å². The Kier molecular flexibility index (Phi) is 3.98. The number of amides is 1. The number of fused-ring (bicyclic) bond motifs is 1. The second-order valence-electron chi connectivity index (χ2n) is 5.40. The lowest BCUT2D eigenvalue weighted by Gasteiger charge is -2.12. The molecule has 0 unspecified atom stereocenters. The second-order valence-corrected chi connectivity index (χ2v) is 5.40. The first-order chi connectivity index (χ1) is 11.1. The van der Waals surface area contributed by atoms with Gasteiger partial charge in [-0.3, -0.25) is 4.79 Å². The molecule has 0 fully saturated rings. The summed E-state index contributed by atoms with van der Waals surface area (Å²) < 4.78 is 13.3. The maximum Gasteiger partial charge on any atom is 0.250 e. The number of nitrogens with zero attached hydrogens (tertiary/aromatic N) is 1. The molecule has 5 heteroatoms. The zero-order chi connectivity index (χ0) is 16.4. The maximum absolute atomic E-state index is 11.6. The lowest BCUT2D eigenvalue weighted by atomic mass is 10.1. The predicted octanol–water partition coefficient (Wildman–Crippen LogP) is 2.36. The van der Waals surface area contributed by atoms with Crippen molar-refractivity contribution in [3.05, 3.63) is 35.5 Å². The Morgan fingerprint density at radius 3 is 2.74 bits per heavy atom. The van der Waals surface area contributed by atoms with Crippen molar-refractivity contribution in [3.8, 4) is 35.1 Å². The topological polar surface area (TPSA) is 66.5 Å². The molecular formula is C18H18N2O3. The minimum absolute atomic E-state index is 0.364. The molecule has 0 radical (unpaired) electrons. The van der Waals surface area contributed by atoms with Crippen LogP contribution in [0.3, 0.4) is 0 Å². The summed E-state index contributed by atoms with van der Waals surface area (Å²) in [7, 11) is 0. The first-order valence-corrected chi connectivity index (χ1v) is 7.45. The number of ether oxygens (including phenoxy) is 2. The number of terminal acetylenes is 1. The van der Waals surface area contributed by atoms with Crippen LogP contribution in [0.5, 0.6) is 11.5 Å². The van der Waals surface area contributed by atoms with Crippen molar-refractivity contribution in [2.24, 2.45) is 5.73 Å². The molecule has 23 heavy (non-hydrogen) atoms. The molecule has 5 nitrogen and oxygen atoms in total. The average Bonchev–Trinajstić information content (AvgIpc) is 2.72. The molecule has 2 N–H and O–H groups in total. The van der Waals surface area contributed by atoms with Gasteiger partial charge in [0.1, 0.15) is 0 Å². The van der Waals surface area contributed by atoms with Gasteiger partial charge in [-0.25, -0.2) is 0 Å². The molecule has 2 aromatic rings. The third kappa shape index (κ3) is 2.76. The molecule has 1 aromatic heterocycles. The number of aromatic nitrogens is 1. The van der Waals surface area contributed by atoms with Gasteiger partial charge in [-0.15, -0.1) is 6.42 Å². The fourth-order valence-electron chi connectivity index (χ4n) is 2.75. The SMILES string of the molecule is C#CCn1c(-c2ccc3c(c2)OCCCO3)cc(C(N)=O)c1C. The Bertz CT molecular complexity index is 799. The summed E-state index contributed by atoms with van der Waals surface area (Å²) in [6.45, 7) is 3.46. The minimum Gasteiger partial charge on any atom is -0.490 e. The molecular weight excluding hydrogens is 292 g/mol. The van der Waals surface area contributed by atoms with Crippen LogP contribution in [-0.4, -0.2) is 23.7 Å². The molecule has 0 saturated carbocycles. The van der Waals surface area contributed by atoms with Crippen molar-refractivity contribution >= 4 is 5.91 Å². The van der Waals surface area contributed by atoms with E-state index in [1.54, 1.807) is 6.07 Å². The number of primary amides is 1. The Balaban J connectivity index is 2.11. The summed E-state index contributed by atoms with van der Waals surface area (Å²) in [5.74, 6) is 3.58. The number of rotatable bonds is 3. The molecule has 1 amide bonds. The van der Waals surface area contributed by atoms with Crippen LogP contribution in [-0.2, 0) is 6.54 Å². The van der Waals surface area contributed by atoms with Gasteiger partial charge in [-0.2, -0.15) is 0 Å². The van der Waals surface area contributed by atoms with Gasteiger partial charge in [0.2, 0.25) is 0 Å². The predicted molar refractivity (Wildman–Crippen MR) is 87.6 cm³/mol. The molecule has 0 spiro atoms. The quantitative estimate of drug-likeness (QED) is 0.885. The molecule has 3 rings (SSSR count). The van der Waals surface area contributed by atoms with E-state index < -0.39 is 5.91 Å². The summed E-state index contributed by atoms with van der Waals surface area (Å²) in [5, 5.41) is 0. The second kappa shape index (κ2) is 6.09. The highest BCUT2D eigenvalue weighted by molar-refractivity contribution is 5.95. The first-order valence-electron chi connectivity index (χ1n) is 7.45. The number of nitrogens with two attached hydrogens (primary N) is 1. The molecule has 1 aliphatic rings. The fraction of sp³-hybridized carbons (Fsp3) is 0.278. The van der Waals surface area contributed by atoms with E-state index in [1.807, 2.05) is 29.7 Å². The number of hydrogen-bond donors (Lipinski definition) is 1. The summed E-state index contributed by atoms with van der Waals surface area (Å²) in [6.07, 6.45) is 6.31. The third-order valence-corrected chi connectivity index (χ3v) is 3.92. The molecule has 0 atom stereocenters. The van der Waals surface area contributed by atoms with E-state index in [9.17, 15) is 4.79 Å². The van der Waals surface area contributed by atoms with E-state index in [2.05, 4.69) is 5.92 Å². The summed E-state index contributed by atoms with van der Waals surface area (Å²) in [5.41, 5.74) is 8.43. The molecule has 118 valence electrons. The van der Waals surface area contributed by atoms with E-state index in [1.165, 1.54) is 0 Å². The summed E-state index contributed by atoms with van der Waals surface area (Å²) in [6, 6.07) is 7.49. The normalized spacial score (nSPS) is 13.2. The Labute approximate surface area is 135 Å². The van der Waals surface area contributed by atoms with E-state index in [4.69, 9.17) is 21.6 Å². The lowest BCUT2D eigenvalue weighted by Crippen LogP contribution is -2.12. The smallest absolute Gasteiger partial charge is 0.250 e. The van der Waals surface area contributed by atoms with Crippen LogP contribution in [0, 0.1) is 19.3 Å². The molecule has 1 aliphatic heterocycles. The van der Waals surface area contributed by atoms with E-state index in [0.717, 1.165) is 29.1 Å². The highest BCUT2D eigenvalue weighted by Gasteiger charge is 2.18. The number of hydrogen-bond acceptors (Lipinski definition) is 3. The van der Waals surface area contributed by atoms with Gasteiger partial charge in [0.25, 0.3) is 5.91 Å². The number of carbonyl (C=O) groups is 1. The van der Waals surface area contributed by atoms with Crippen molar-refractivity contribution in [3.63, 3.8) is 0 Å². The Hall–Kier alpha value is -2.87. The summed E-state index contributed by atoms with van der Waals surface area (Å²) in [4.78, 5) is 11.6.